The largest absolute Gasteiger partial charge is 0.467 e. The number of amides is 1. The van der Waals surface area contributed by atoms with Gasteiger partial charge in [-0.05, 0) is 26.3 Å². The number of carbonyl (C=O) groups excluding carboxylic acids is 2. The van der Waals surface area contributed by atoms with Crippen molar-refractivity contribution in [2.45, 2.75) is 38.8 Å². The molecule has 2 N–H and O–H groups in total. The van der Waals surface area contributed by atoms with Crippen molar-refractivity contribution < 1.29 is 24.0 Å². The van der Waals surface area contributed by atoms with E-state index in [1.807, 2.05) is 0 Å². The van der Waals surface area contributed by atoms with E-state index < -0.39 is 28.6 Å². The van der Waals surface area contributed by atoms with Crippen molar-refractivity contribution in [2.75, 3.05) is 7.11 Å². The number of nitrogens with zero attached hydrogens (tertiary/aromatic N) is 2. The second kappa shape index (κ2) is 7.38. The van der Waals surface area contributed by atoms with E-state index >= 15 is 0 Å². The normalized spacial score (nSPS) is 12.5. The highest BCUT2D eigenvalue weighted by Gasteiger charge is 2.28. The fraction of sp³-hybridized carbons (Fsp3) is 0.438. The van der Waals surface area contributed by atoms with Crippen LogP contribution >= 0.6 is 0 Å². The third kappa shape index (κ3) is 4.47. The van der Waals surface area contributed by atoms with Gasteiger partial charge in [-0.3, -0.25) is 10.1 Å². The molecule has 0 unspecified atom stereocenters. The summed E-state index contributed by atoms with van der Waals surface area (Å²) in [6, 6.07) is 0.197. The molecule has 0 aliphatic carbocycles. The molecule has 140 valence electrons. The molecule has 0 saturated heterocycles. The molecule has 0 fully saturated rings. The number of fused-ring (bicyclic) bond motifs is 1. The Morgan fingerprint density at radius 2 is 2.12 bits per heavy atom. The summed E-state index contributed by atoms with van der Waals surface area (Å²) in [6.45, 7) is 5.07. The Kier molecular flexibility index (Phi) is 5.44. The Morgan fingerprint density at radius 3 is 2.69 bits per heavy atom. The summed E-state index contributed by atoms with van der Waals surface area (Å²) in [5, 5.41) is 14.0. The van der Waals surface area contributed by atoms with Gasteiger partial charge in [0, 0.05) is 24.9 Å². The summed E-state index contributed by atoms with van der Waals surface area (Å²) in [5.41, 5.74) is -0.123. The zero-order valence-electron chi connectivity index (χ0n) is 14.9. The molecule has 10 heteroatoms. The van der Waals surface area contributed by atoms with Crippen LogP contribution in [0.4, 0.5) is 10.5 Å². The van der Waals surface area contributed by atoms with E-state index in [0.29, 0.717) is 11.2 Å². The summed E-state index contributed by atoms with van der Waals surface area (Å²) in [4.78, 5) is 41.6. The highest BCUT2D eigenvalue weighted by molar-refractivity contribution is 5.90. The molecule has 2 aromatic heterocycles. The van der Waals surface area contributed by atoms with Crippen LogP contribution in [0.3, 0.4) is 0 Å². The van der Waals surface area contributed by atoms with E-state index in [9.17, 15) is 19.7 Å². The maximum absolute atomic E-state index is 12.0. The highest BCUT2D eigenvalue weighted by atomic mass is 16.6. The van der Waals surface area contributed by atoms with Gasteiger partial charge < -0.3 is 19.8 Å². The number of hydrogen-bond donors (Lipinski definition) is 2. The number of nitro groups is 1. The summed E-state index contributed by atoms with van der Waals surface area (Å²) in [5.74, 6) is -0.697. The van der Waals surface area contributed by atoms with Crippen molar-refractivity contribution >= 4 is 28.8 Å². The minimum absolute atomic E-state index is 0.0293. The number of pyridine rings is 1. The fourth-order valence-corrected chi connectivity index (χ4v) is 2.42. The summed E-state index contributed by atoms with van der Waals surface area (Å²) < 4.78 is 9.86. The van der Waals surface area contributed by atoms with Crippen molar-refractivity contribution in [1.29, 1.82) is 0 Å². The fourth-order valence-electron chi connectivity index (χ4n) is 2.42. The van der Waals surface area contributed by atoms with Crippen LogP contribution in [0.1, 0.15) is 26.3 Å². The van der Waals surface area contributed by atoms with Gasteiger partial charge in [0.2, 0.25) is 0 Å². The van der Waals surface area contributed by atoms with E-state index in [-0.39, 0.29) is 17.5 Å². The van der Waals surface area contributed by atoms with Gasteiger partial charge in [-0.25, -0.2) is 14.6 Å². The summed E-state index contributed by atoms with van der Waals surface area (Å²) in [6.07, 6.45) is 2.01. The molecule has 1 amide bonds. The molecule has 0 bridgehead atoms. The predicted octanol–water partition coefficient (Wildman–Crippen LogP) is 2.08. The van der Waals surface area contributed by atoms with E-state index in [0.717, 1.165) is 0 Å². The van der Waals surface area contributed by atoms with Gasteiger partial charge in [0.15, 0.2) is 0 Å². The smallest absolute Gasteiger partial charge is 0.408 e. The first-order valence-corrected chi connectivity index (χ1v) is 7.79. The van der Waals surface area contributed by atoms with Gasteiger partial charge in [0.1, 0.15) is 17.3 Å². The number of nitrogens with one attached hydrogen (secondary N) is 2. The van der Waals surface area contributed by atoms with E-state index in [1.165, 1.54) is 25.6 Å². The molecule has 10 nitrogen and oxygen atoms in total. The molecular formula is C16H20N4O6. The number of carbonyl (C=O) groups is 2. The Balaban J connectivity index is 2.32. The van der Waals surface area contributed by atoms with Gasteiger partial charge in [0.05, 0.1) is 17.4 Å². The standard InChI is InChI=1S/C16H20N4O6/c1-16(2,3)26-15(22)19-10(14(21)25-4)7-9-8-18-13-12(9)11(20(23)24)5-6-17-13/h5-6,8,10H,7H2,1-4H3,(H,17,18)(H,19,22)/t10-/m0/s1. The maximum Gasteiger partial charge on any atom is 0.408 e. The number of hydrogen-bond acceptors (Lipinski definition) is 7. The Labute approximate surface area is 149 Å². The summed E-state index contributed by atoms with van der Waals surface area (Å²) in [7, 11) is 1.19. The molecule has 0 aromatic carbocycles. The molecule has 2 heterocycles. The molecule has 2 rings (SSSR count). The van der Waals surface area contributed by atoms with Crippen molar-refractivity contribution in [2.24, 2.45) is 0 Å². The molecule has 0 aliphatic rings. The number of ether oxygens (including phenoxy) is 2. The van der Waals surface area contributed by atoms with E-state index in [2.05, 4.69) is 15.3 Å². The van der Waals surface area contributed by atoms with Crippen LogP contribution in [0.2, 0.25) is 0 Å². The molecule has 0 saturated carbocycles. The number of H-pyrrole nitrogens is 1. The van der Waals surface area contributed by atoms with Crippen LogP contribution < -0.4 is 5.32 Å². The number of aromatic amines is 1. The second-order valence-electron chi connectivity index (χ2n) is 6.55. The van der Waals surface area contributed by atoms with Crippen LogP contribution in [-0.4, -0.2) is 45.7 Å². The third-order valence-electron chi connectivity index (χ3n) is 3.43. The molecule has 0 aliphatic heterocycles. The molecule has 2 aromatic rings. The SMILES string of the molecule is COC(=O)[C@H](Cc1c[nH]c2nccc([N+](=O)[O-])c12)NC(=O)OC(C)(C)C. The zero-order valence-corrected chi connectivity index (χ0v) is 14.9. The Hall–Kier alpha value is -3.17. The summed E-state index contributed by atoms with van der Waals surface area (Å²) >= 11 is 0. The van der Waals surface area contributed by atoms with Crippen molar-refractivity contribution in [3.05, 3.63) is 34.1 Å². The van der Waals surface area contributed by atoms with Crippen LogP contribution in [0, 0.1) is 10.1 Å². The molecule has 0 spiro atoms. The number of esters is 1. The topological polar surface area (TPSA) is 136 Å². The number of aromatic nitrogens is 2. The first-order valence-electron chi connectivity index (χ1n) is 7.79. The van der Waals surface area contributed by atoms with Crippen molar-refractivity contribution in [3.8, 4) is 0 Å². The van der Waals surface area contributed by atoms with Gasteiger partial charge in [-0.1, -0.05) is 0 Å². The van der Waals surface area contributed by atoms with Crippen LogP contribution in [0.15, 0.2) is 18.5 Å². The third-order valence-corrected chi connectivity index (χ3v) is 3.43. The first kappa shape index (κ1) is 19.2. The van der Waals surface area contributed by atoms with E-state index in [4.69, 9.17) is 9.47 Å². The Morgan fingerprint density at radius 1 is 1.42 bits per heavy atom. The lowest BCUT2D eigenvalue weighted by Crippen LogP contribution is -2.45. The average molecular weight is 364 g/mol. The minimum Gasteiger partial charge on any atom is -0.467 e. The quantitative estimate of drug-likeness (QED) is 0.471. The lowest BCUT2D eigenvalue weighted by Gasteiger charge is -2.22. The Bertz CT molecular complexity index is 839. The second-order valence-corrected chi connectivity index (χ2v) is 6.55. The molecular weight excluding hydrogens is 344 g/mol. The van der Waals surface area contributed by atoms with Crippen LogP contribution in [0.5, 0.6) is 0 Å². The van der Waals surface area contributed by atoms with Crippen LogP contribution in [0.25, 0.3) is 11.0 Å². The molecule has 0 radical (unpaired) electrons. The molecule has 1 atom stereocenters. The van der Waals surface area contributed by atoms with Crippen molar-refractivity contribution in [3.63, 3.8) is 0 Å². The highest BCUT2D eigenvalue weighted by Crippen LogP contribution is 2.28. The van der Waals surface area contributed by atoms with Gasteiger partial charge in [0.25, 0.3) is 5.69 Å². The number of rotatable bonds is 5. The van der Waals surface area contributed by atoms with Gasteiger partial charge in [-0.2, -0.15) is 0 Å². The van der Waals surface area contributed by atoms with E-state index in [1.54, 1.807) is 20.8 Å². The maximum atomic E-state index is 12.0. The van der Waals surface area contributed by atoms with Gasteiger partial charge >= 0.3 is 12.1 Å². The number of alkyl carbamates (subject to hydrolysis) is 1. The van der Waals surface area contributed by atoms with Crippen molar-refractivity contribution in [1.82, 2.24) is 15.3 Å². The first-order chi connectivity index (χ1) is 12.1. The monoisotopic (exact) mass is 364 g/mol. The molecule has 26 heavy (non-hydrogen) atoms. The number of methoxy groups -OCH3 is 1. The van der Waals surface area contributed by atoms with Gasteiger partial charge in [-0.15, -0.1) is 0 Å². The zero-order chi connectivity index (χ0) is 19.5. The van der Waals surface area contributed by atoms with Crippen LogP contribution in [-0.2, 0) is 20.7 Å². The lowest BCUT2D eigenvalue weighted by atomic mass is 10.1. The minimum atomic E-state index is -1.08. The average Bonchev–Trinajstić information content (AvgIpc) is 2.94. The lowest BCUT2D eigenvalue weighted by molar-refractivity contribution is -0.383. The predicted molar refractivity (Wildman–Crippen MR) is 91.6 cm³/mol.